The zero-order valence-electron chi connectivity index (χ0n) is 40.9. The molecule has 0 saturated heterocycles. The van der Waals surface area contributed by atoms with E-state index in [0.717, 1.165) is 39.9 Å². The van der Waals surface area contributed by atoms with Gasteiger partial charge in [0, 0.05) is 27.6 Å². The Labute approximate surface area is 430 Å². The number of hydrogen-bond donors (Lipinski definition) is 0. The highest BCUT2D eigenvalue weighted by Gasteiger charge is 2.47. The molecule has 0 spiro atoms. The summed E-state index contributed by atoms with van der Waals surface area (Å²) in [7, 11) is 0. The van der Waals surface area contributed by atoms with Gasteiger partial charge >= 0.3 is 0 Å². The number of hydrogen-bond acceptors (Lipinski definition) is 3. The van der Waals surface area contributed by atoms with Crippen LogP contribution in [0.4, 0.5) is 0 Å². The average Bonchev–Trinajstić information content (AvgIpc) is 4.23. The summed E-state index contributed by atoms with van der Waals surface area (Å²) in [5.74, 6) is 1.46. The average molecular weight is 948 g/mol. The first-order valence-corrected chi connectivity index (χ1v) is 25.6. The first-order chi connectivity index (χ1) is 36.6. The maximum absolute atomic E-state index is 6.08. The van der Waals surface area contributed by atoms with Crippen molar-refractivity contribution in [1.29, 1.82) is 0 Å². The predicted octanol–water partition coefficient (Wildman–Crippen LogP) is 18.0. The zero-order valence-corrected chi connectivity index (χ0v) is 40.9. The van der Waals surface area contributed by atoms with Crippen LogP contribution in [0.1, 0.15) is 30.0 Å². The Morgan fingerprint density at radius 2 is 0.932 bits per heavy atom. The molecule has 0 radical (unpaired) electrons. The molecule has 2 atom stereocenters. The molecular formula is C70H49N3O. The number of nitrogens with zero attached hydrogens (tertiary/aromatic N) is 3. The maximum Gasteiger partial charge on any atom is 0.248 e. The molecule has 4 nitrogen and oxygen atoms in total. The molecule has 350 valence electrons. The minimum Gasteiger partial charge on any atom is -0.416 e. The second-order valence-corrected chi connectivity index (χ2v) is 19.7. The molecule has 0 saturated carbocycles. The van der Waals surface area contributed by atoms with Crippen molar-refractivity contribution in [1.82, 2.24) is 14.8 Å². The Morgan fingerprint density at radius 1 is 0.419 bits per heavy atom. The lowest BCUT2D eigenvalue weighted by Gasteiger charge is -2.36. The largest absolute Gasteiger partial charge is 0.416 e. The lowest BCUT2D eigenvalue weighted by atomic mass is 9.65. The van der Waals surface area contributed by atoms with Crippen molar-refractivity contribution in [3.8, 4) is 84.2 Å². The van der Waals surface area contributed by atoms with E-state index in [0.29, 0.717) is 17.7 Å². The Balaban J connectivity index is 0.814. The number of rotatable bonds is 9. The molecule has 12 aromatic rings. The number of para-hydroxylation sites is 1. The molecule has 2 heterocycles. The first-order valence-electron chi connectivity index (χ1n) is 25.6. The molecule has 0 N–H and O–H groups in total. The van der Waals surface area contributed by atoms with Crippen molar-refractivity contribution < 1.29 is 4.42 Å². The molecule has 0 bridgehead atoms. The van der Waals surface area contributed by atoms with Crippen LogP contribution in [0, 0.1) is 5.92 Å². The summed E-state index contributed by atoms with van der Waals surface area (Å²) in [6.45, 7) is 2.34. The molecule has 14 rings (SSSR count). The Bertz CT molecular complexity index is 4160. The van der Waals surface area contributed by atoms with E-state index >= 15 is 0 Å². The number of fused-ring (bicyclic) bond motifs is 6. The second kappa shape index (κ2) is 17.7. The van der Waals surface area contributed by atoms with Crippen molar-refractivity contribution in [3.63, 3.8) is 0 Å². The SMILES string of the molecule is CC1C=C(C2(c3ccccc3)c3ccccc3-c3ccc(-c4ccc5c(c4)c4ccccc4n5-c4ccc(-c5ccccc5-c5ccccc5-c5ccc(-c6nnc(-c7ccccc7)o6)cc5)cc4)cc32)C=CC1. The Hall–Kier alpha value is -9.38. The summed E-state index contributed by atoms with van der Waals surface area (Å²) in [5, 5.41) is 11.1. The molecule has 10 aromatic carbocycles. The lowest BCUT2D eigenvalue weighted by Crippen LogP contribution is -2.30. The molecular weight excluding hydrogens is 899 g/mol. The standard InChI is InChI=1S/C70H49N3O/c1-46-17-16-22-54(43-46)70(53-20-6-3-7-21-53)64-29-14-12-27-60(64)61-41-37-52(45-65(61)70)51-38-42-67-63(44-51)62-28-13-15-30-66(62)73(67)55-39-35-48(36-40-55)57-24-9-11-26-59(57)58-25-10-8-23-56(58)47-31-33-50(34-32-47)69-72-71-68(74-69)49-18-4-2-5-19-49/h2-16,18-46H,17H2,1H3. The van der Waals surface area contributed by atoms with Crippen LogP contribution in [0.5, 0.6) is 0 Å². The molecule has 2 aliphatic carbocycles. The van der Waals surface area contributed by atoms with E-state index in [9.17, 15) is 0 Å². The van der Waals surface area contributed by atoms with Crippen LogP contribution in [-0.4, -0.2) is 14.8 Å². The van der Waals surface area contributed by atoms with Gasteiger partial charge in [-0.1, -0.05) is 207 Å². The Morgan fingerprint density at radius 3 is 1.64 bits per heavy atom. The molecule has 0 amide bonds. The quantitative estimate of drug-likeness (QED) is 0.145. The lowest BCUT2D eigenvalue weighted by molar-refractivity contribution is 0.584. The highest BCUT2D eigenvalue weighted by atomic mass is 16.4. The van der Waals surface area contributed by atoms with Crippen molar-refractivity contribution in [2.45, 2.75) is 18.8 Å². The first kappa shape index (κ1) is 43.4. The van der Waals surface area contributed by atoms with Gasteiger partial charge in [0.15, 0.2) is 0 Å². The van der Waals surface area contributed by atoms with Crippen LogP contribution >= 0.6 is 0 Å². The van der Waals surface area contributed by atoms with Gasteiger partial charge in [-0.15, -0.1) is 10.2 Å². The molecule has 4 heteroatoms. The van der Waals surface area contributed by atoms with Crippen LogP contribution < -0.4 is 0 Å². The summed E-state index contributed by atoms with van der Waals surface area (Å²) >= 11 is 0. The summed E-state index contributed by atoms with van der Waals surface area (Å²) in [4.78, 5) is 0. The van der Waals surface area contributed by atoms with E-state index in [1.165, 1.54) is 83.0 Å². The van der Waals surface area contributed by atoms with Gasteiger partial charge in [0.25, 0.3) is 0 Å². The van der Waals surface area contributed by atoms with E-state index in [4.69, 9.17) is 4.42 Å². The molecule has 0 aliphatic heterocycles. The van der Waals surface area contributed by atoms with Crippen molar-refractivity contribution in [2.75, 3.05) is 0 Å². The number of allylic oxidation sites excluding steroid dienone is 4. The second-order valence-electron chi connectivity index (χ2n) is 19.7. The van der Waals surface area contributed by atoms with Crippen molar-refractivity contribution in [3.05, 3.63) is 283 Å². The minimum absolute atomic E-state index is 0.428. The third kappa shape index (κ3) is 7.05. The van der Waals surface area contributed by atoms with Crippen LogP contribution in [0.15, 0.2) is 271 Å². The van der Waals surface area contributed by atoms with E-state index in [1.807, 2.05) is 30.3 Å². The fraction of sp³-hybridized carbons (Fsp3) is 0.0571. The van der Waals surface area contributed by atoms with E-state index in [1.54, 1.807) is 0 Å². The van der Waals surface area contributed by atoms with E-state index < -0.39 is 5.41 Å². The van der Waals surface area contributed by atoms with Gasteiger partial charge in [0.1, 0.15) is 0 Å². The van der Waals surface area contributed by atoms with Gasteiger partial charge in [-0.05, 0) is 151 Å². The zero-order chi connectivity index (χ0) is 49.2. The van der Waals surface area contributed by atoms with Crippen LogP contribution in [0.3, 0.4) is 0 Å². The van der Waals surface area contributed by atoms with Gasteiger partial charge in [-0.3, -0.25) is 0 Å². The predicted molar refractivity (Wildman–Crippen MR) is 304 cm³/mol. The third-order valence-corrected chi connectivity index (χ3v) is 15.4. The summed E-state index contributed by atoms with van der Waals surface area (Å²) < 4.78 is 8.50. The fourth-order valence-electron chi connectivity index (χ4n) is 12.0. The van der Waals surface area contributed by atoms with Gasteiger partial charge < -0.3 is 8.98 Å². The van der Waals surface area contributed by atoms with E-state index in [-0.39, 0.29) is 0 Å². The summed E-state index contributed by atoms with van der Waals surface area (Å²) in [6.07, 6.45) is 8.33. The number of benzene rings is 10. The van der Waals surface area contributed by atoms with Gasteiger partial charge in [-0.25, -0.2) is 0 Å². The molecule has 74 heavy (non-hydrogen) atoms. The van der Waals surface area contributed by atoms with Crippen LogP contribution in [-0.2, 0) is 5.41 Å². The Kier molecular flexibility index (Phi) is 10.4. The smallest absolute Gasteiger partial charge is 0.248 e. The maximum atomic E-state index is 6.08. The van der Waals surface area contributed by atoms with Crippen molar-refractivity contribution in [2.24, 2.45) is 5.92 Å². The monoisotopic (exact) mass is 947 g/mol. The van der Waals surface area contributed by atoms with Gasteiger partial charge in [0.05, 0.1) is 16.4 Å². The van der Waals surface area contributed by atoms with Crippen LogP contribution in [0.2, 0.25) is 0 Å². The van der Waals surface area contributed by atoms with Gasteiger partial charge in [-0.2, -0.15) is 0 Å². The molecule has 0 fully saturated rings. The van der Waals surface area contributed by atoms with Gasteiger partial charge in [0.2, 0.25) is 11.8 Å². The topological polar surface area (TPSA) is 43.9 Å². The fourth-order valence-corrected chi connectivity index (χ4v) is 12.0. The summed E-state index contributed by atoms with van der Waals surface area (Å²) in [5.41, 5.74) is 22.1. The molecule has 2 aromatic heterocycles. The van der Waals surface area contributed by atoms with Crippen LogP contribution in [0.25, 0.3) is 106 Å². The summed E-state index contributed by atoms with van der Waals surface area (Å²) in [6, 6.07) is 88.0. The number of aromatic nitrogens is 3. The highest BCUT2D eigenvalue weighted by molar-refractivity contribution is 6.10. The molecule has 2 unspecified atom stereocenters. The van der Waals surface area contributed by atoms with E-state index in [2.05, 4.69) is 252 Å². The third-order valence-electron chi connectivity index (χ3n) is 15.4. The normalized spacial score (nSPS) is 15.8. The molecule has 2 aliphatic rings. The highest BCUT2D eigenvalue weighted by Crippen LogP contribution is 2.58. The van der Waals surface area contributed by atoms with Crippen molar-refractivity contribution >= 4 is 21.8 Å². The minimum atomic E-state index is -0.428.